The Morgan fingerprint density at radius 3 is 2.96 bits per heavy atom. The smallest absolute Gasteiger partial charge is 0.324 e. The summed E-state index contributed by atoms with van der Waals surface area (Å²) in [6, 6.07) is 4.62. The van der Waals surface area contributed by atoms with Crippen LogP contribution in [0.15, 0.2) is 12.1 Å². The van der Waals surface area contributed by atoms with Crippen molar-refractivity contribution in [3.63, 3.8) is 0 Å². The van der Waals surface area contributed by atoms with E-state index in [4.69, 9.17) is 19.2 Å². The molecule has 2 amide bonds. The molecule has 1 aromatic carbocycles. The summed E-state index contributed by atoms with van der Waals surface area (Å²) < 4.78 is 17.8. The van der Waals surface area contributed by atoms with Crippen molar-refractivity contribution in [2.24, 2.45) is 0 Å². The van der Waals surface area contributed by atoms with Gasteiger partial charge in [-0.2, -0.15) is 0 Å². The molecule has 2 aromatic rings. The molecule has 1 N–H and O–H groups in total. The third kappa shape index (κ3) is 2.41. The molecule has 0 unspecified atom stereocenters. The van der Waals surface area contributed by atoms with Crippen molar-refractivity contribution in [1.29, 1.82) is 0 Å². The second-order valence-corrected chi connectivity index (χ2v) is 8.41. The minimum atomic E-state index is -0.0539. The van der Waals surface area contributed by atoms with Gasteiger partial charge in [-0.1, -0.05) is 11.3 Å². The number of thiazole rings is 1. The second-order valence-electron chi connectivity index (χ2n) is 7.40. The molecular weight excluding hydrogens is 368 g/mol. The topological polar surface area (TPSA) is 76.2 Å². The first kappa shape index (κ1) is 15.9. The maximum Gasteiger partial charge on any atom is 0.324 e. The number of hydrogen-bond donors (Lipinski definition) is 1. The highest BCUT2D eigenvalue weighted by atomic mass is 32.1. The lowest BCUT2D eigenvalue weighted by atomic mass is 9.98. The van der Waals surface area contributed by atoms with Crippen molar-refractivity contribution in [2.45, 2.75) is 24.5 Å². The standard InChI is InChI=1S/C18H20N4O4S/c23-17-19-11-3-4-21(10-8-24-9-10)7-12(11)22(17)18-20-15-14(27-18)2-1-13-16(15)26-6-5-25-13/h1-2,10-12H,3-9H2,(H,19,23)/t11-,12+/m0/s1. The molecule has 8 nitrogen and oxygen atoms in total. The summed E-state index contributed by atoms with van der Waals surface area (Å²) in [4.78, 5) is 21.8. The molecule has 0 aliphatic carbocycles. The third-order valence-electron chi connectivity index (χ3n) is 5.87. The predicted octanol–water partition coefficient (Wildman–Crippen LogP) is 1.44. The van der Waals surface area contributed by atoms with Gasteiger partial charge in [0.2, 0.25) is 0 Å². The first-order valence-electron chi connectivity index (χ1n) is 9.38. The molecule has 0 spiro atoms. The maximum atomic E-state index is 12.7. The van der Waals surface area contributed by atoms with Crippen LogP contribution in [0.3, 0.4) is 0 Å². The number of anilines is 1. The van der Waals surface area contributed by atoms with E-state index in [2.05, 4.69) is 10.2 Å². The molecule has 4 aliphatic rings. The van der Waals surface area contributed by atoms with Gasteiger partial charge in [0.15, 0.2) is 16.6 Å². The number of hydrogen-bond acceptors (Lipinski definition) is 7. The van der Waals surface area contributed by atoms with Gasteiger partial charge in [0.25, 0.3) is 0 Å². The molecule has 0 radical (unpaired) electrons. The Labute approximate surface area is 160 Å². The largest absolute Gasteiger partial charge is 0.486 e. The van der Waals surface area contributed by atoms with Crippen LogP contribution in [0, 0.1) is 0 Å². The molecule has 142 valence electrons. The summed E-state index contributed by atoms with van der Waals surface area (Å²) in [5.41, 5.74) is 0.781. The number of fused-ring (bicyclic) bond motifs is 4. The summed E-state index contributed by atoms with van der Waals surface area (Å²) >= 11 is 1.53. The number of likely N-dealkylation sites (tertiary alicyclic amines) is 1. The molecule has 3 fully saturated rings. The Bertz CT molecular complexity index is 914. The second kappa shape index (κ2) is 5.95. The van der Waals surface area contributed by atoms with Crippen molar-refractivity contribution >= 4 is 32.7 Å². The molecule has 2 atom stereocenters. The summed E-state index contributed by atoms with van der Waals surface area (Å²) in [5, 5.41) is 3.87. The fourth-order valence-corrected chi connectivity index (χ4v) is 5.37. The van der Waals surface area contributed by atoms with Crippen LogP contribution in [0.1, 0.15) is 6.42 Å². The number of nitrogens with zero attached hydrogens (tertiary/aromatic N) is 3. The molecule has 0 bridgehead atoms. The molecule has 4 aliphatic heterocycles. The van der Waals surface area contributed by atoms with Gasteiger partial charge in [-0.05, 0) is 18.6 Å². The van der Waals surface area contributed by atoms with E-state index in [1.54, 1.807) is 0 Å². The third-order valence-corrected chi connectivity index (χ3v) is 6.89. The van der Waals surface area contributed by atoms with E-state index in [1.165, 1.54) is 11.3 Å². The Balaban J connectivity index is 1.36. The quantitative estimate of drug-likeness (QED) is 0.839. The zero-order valence-corrected chi connectivity index (χ0v) is 15.5. The average molecular weight is 388 g/mol. The van der Waals surface area contributed by atoms with E-state index in [9.17, 15) is 4.79 Å². The van der Waals surface area contributed by atoms with Crippen molar-refractivity contribution < 1.29 is 19.0 Å². The van der Waals surface area contributed by atoms with Crippen LogP contribution in [0.4, 0.5) is 9.93 Å². The summed E-state index contributed by atoms with van der Waals surface area (Å²) in [6.45, 7) is 4.51. The number of aromatic nitrogens is 1. The molecule has 0 saturated carbocycles. The number of amides is 2. The minimum absolute atomic E-state index is 0.0539. The normalized spacial score (nSPS) is 28.1. The number of carbonyl (C=O) groups is 1. The molecule has 1 aromatic heterocycles. The lowest BCUT2D eigenvalue weighted by Crippen LogP contribution is -2.59. The Morgan fingerprint density at radius 2 is 2.11 bits per heavy atom. The van der Waals surface area contributed by atoms with Crippen LogP contribution in [0.2, 0.25) is 0 Å². The van der Waals surface area contributed by atoms with Gasteiger partial charge in [0.05, 0.1) is 36.0 Å². The van der Waals surface area contributed by atoms with E-state index in [0.29, 0.717) is 25.0 Å². The number of benzene rings is 1. The SMILES string of the molecule is O=C1N[C@H]2CCN(C3COC3)C[C@H]2N1c1nc2c3c(ccc2s1)OCCO3. The van der Waals surface area contributed by atoms with E-state index in [0.717, 1.165) is 53.8 Å². The van der Waals surface area contributed by atoms with Crippen LogP contribution in [0.5, 0.6) is 11.5 Å². The lowest BCUT2D eigenvalue weighted by Gasteiger charge is -2.43. The zero-order chi connectivity index (χ0) is 18.0. The van der Waals surface area contributed by atoms with Crippen LogP contribution in [0.25, 0.3) is 10.2 Å². The van der Waals surface area contributed by atoms with Gasteiger partial charge in [0, 0.05) is 13.1 Å². The van der Waals surface area contributed by atoms with E-state index < -0.39 is 0 Å². The fourth-order valence-electron chi connectivity index (χ4n) is 4.35. The van der Waals surface area contributed by atoms with Gasteiger partial charge < -0.3 is 19.5 Å². The van der Waals surface area contributed by atoms with Crippen LogP contribution in [-0.2, 0) is 4.74 Å². The maximum absolute atomic E-state index is 12.7. The number of nitrogens with one attached hydrogen (secondary N) is 1. The summed E-state index contributed by atoms with van der Waals surface area (Å²) in [5.74, 6) is 1.41. The van der Waals surface area contributed by atoms with Crippen LogP contribution < -0.4 is 19.7 Å². The Kier molecular flexibility index (Phi) is 3.51. The summed E-state index contributed by atoms with van der Waals surface area (Å²) in [7, 11) is 0. The van der Waals surface area contributed by atoms with Crippen molar-refractivity contribution in [2.75, 3.05) is 44.4 Å². The van der Waals surface area contributed by atoms with Gasteiger partial charge in [-0.15, -0.1) is 0 Å². The molecular formula is C18H20N4O4S. The van der Waals surface area contributed by atoms with Gasteiger partial charge in [0.1, 0.15) is 18.7 Å². The Morgan fingerprint density at radius 1 is 1.22 bits per heavy atom. The molecule has 9 heteroatoms. The minimum Gasteiger partial charge on any atom is -0.486 e. The predicted molar refractivity (Wildman–Crippen MR) is 100.0 cm³/mol. The lowest BCUT2D eigenvalue weighted by molar-refractivity contribution is -0.0727. The number of carbonyl (C=O) groups excluding carboxylic acids is 1. The highest BCUT2D eigenvalue weighted by Crippen LogP contribution is 2.42. The van der Waals surface area contributed by atoms with Crippen molar-refractivity contribution in [3.05, 3.63) is 12.1 Å². The number of ether oxygens (including phenoxy) is 3. The first-order chi connectivity index (χ1) is 13.3. The first-order valence-corrected chi connectivity index (χ1v) is 10.2. The number of rotatable bonds is 2. The average Bonchev–Trinajstić information content (AvgIpc) is 3.20. The van der Waals surface area contributed by atoms with Crippen LogP contribution >= 0.6 is 11.3 Å². The molecule has 6 rings (SSSR count). The number of urea groups is 1. The van der Waals surface area contributed by atoms with E-state index in [1.807, 2.05) is 17.0 Å². The molecule has 27 heavy (non-hydrogen) atoms. The fraction of sp³-hybridized carbons (Fsp3) is 0.556. The molecule has 5 heterocycles. The highest BCUT2D eigenvalue weighted by molar-refractivity contribution is 7.22. The summed E-state index contributed by atoms with van der Waals surface area (Å²) in [6.07, 6.45) is 0.959. The van der Waals surface area contributed by atoms with Gasteiger partial charge in [-0.3, -0.25) is 9.80 Å². The van der Waals surface area contributed by atoms with Gasteiger partial charge in [-0.25, -0.2) is 9.78 Å². The monoisotopic (exact) mass is 388 g/mol. The van der Waals surface area contributed by atoms with E-state index >= 15 is 0 Å². The molecule has 3 saturated heterocycles. The Hall–Kier alpha value is -2.10. The van der Waals surface area contributed by atoms with Crippen molar-refractivity contribution in [3.8, 4) is 11.5 Å². The number of piperidine rings is 1. The van der Waals surface area contributed by atoms with Crippen LogP contribution in [-0.4, -0.2) is 73.6 Å². The highest BCUT2D eigenvalue weighted by Gasteiger charge is 2.46. The van der Waals surface area contributed by atoms with E-state index in [-0.39, 0.29) is 18.1 Å². The zero-order valence-electron chi connectivity index (χ0n) is 14.7. The van der Waals surface area contributed by atoms with Crippen molar-refractivity contribution in [1.82, 2.24) is 15.2 Å². The van der Waals surface area contributed by atoms with Gasteiger partial charge >= 0.3 is 6.03 Å².